The fraction of sp³-hybridized carbons (Fsp3) is 0.846. The molecule has 0 heterocycles. The van der Waals surface area contributed by atoms with Crippen LogP contribution in [0.4, 0.5) is 0 Å². The van der Waals surface area contributed by atoms with Crippen LogP contribution in [0.2, 0.25) is 0 Å². The molecule has 1 aliphatic carbocycles. The van der Waals surface area contributed by atoms with Crippen LogP contribution in [0.3, 0.4) is 0 Å². The Bertz CT molecular complexity index is 293. The van der Waals surface area contributed by atoms with Crippen molar-refractivity contribution < 1.29 is 14.7 Å². The minimum absolute atomic E-state index is 0.0707. The van der Waals surface area contributed by atoms with Gasteiger partial charge in [0.2, 0.25) is 5.91 Å². The Hall–Kier alpha value is -1.06. The molecule has 4 heteroatoms. The minimum Gasteiger partial charge on any atom is -0.480 e. The molecule has 0 saturated heterocycles. The molecular formula is C13H23NO3. The van der Waals surface area contributed by atoms with Crippen LogP contribution in [0.15, 0.2) is 0 Å². The summed E-state index contributed by atoms with van der Waals surface area (Å²) in [4.78, 5) is 23.0. The van der Waals surface area contributed by atoms with Gasteiger partial charge >= 0.3 is 5.97 Å². The third kappa shape index (κ3) is 3.45. The summed E-state index contributed by atoms with van der Waals surface area (Å²) in [6, 6.07) is -0.799. The largest absolute Gasteiger partial charge is 0.480 e. The molecule has 1 atom stereocenters. The molecule has 1 saturated carbocycles. The standard InChI is InChI=1S/C13H23NO3/c1-9(2)8-13(6-4-5-7-13)12(17)14-10(3)11(15)16/h9-10H,4-8H2,1-3H3,(H,14,17)(H,15,16). The highest BCUT2D eigenvalue weighted by Gasteiger charge is 2.42. The lowest BCUT2D eigenvalue weighted by Crippen LogP contribution is -2.46. The first kappa shape index (κ1) is 14.0. The van der Waals surface area contributed by atoms with Gasteiger partial charge in [0.05, 0.1) is 0 Å². The third-order valence-corrected chi connectivity index (χ3v) is 3.56. The predicted octanol–water partition coefficient (Wildman–Crippen LogP) is 2.18. The first-order valence-electron chi connectivity index (χ1n) is 6.41. The summed E-state index contributed by atoms with van der Waals surface area (Å²) in [5.41, 5.74) is -0.322. The molecule has 0 aromatic rings. The van der Waals surface area contributed by atoms with E-state index in [1.165, 1.54) is 6.92 Å². The van der Waals surface area contributed by atoms with Crippen LogP contribution in [0.1, 0.15) is 52.9 Å². The molecule has 1 aliphatic rings. The highest BCUT2D eigenvalue weighted by atomic mass is 16.4. The van der Waals surface area contributed by atoms with Crippen LogP contribution in [-0.4, -0.2) is 23.0 Å². The quantitative estimate of drug-likeness (QED) is 0.775. The minimum atomic E-state index is -0.976. The molecule has 2 N–H and O–H groups in total. The molecule has 0 aromatic heterocycles. The van der Waals surface area contributed by atoms with Crippen molar-refractivity contribution in [2.45, 2.75) is 58.9 Å². The van der Waals surface area contributed by atoms with E-state index in [0.717, 1.165) is 32.1 Å². The predicted molar refractivity (Wildman–Crippen MR) is 65.6 cm³/mol. The van der Waals surface area contributed by atoms with Crippen LogP contribution < -0.4 is 5.32 Å². The number of rotatable bonds is 5. The van der Waals surface area contributed by atoms with E-state index in [1.807, 2.05) is 0 Å². The summed E-state index contributed by atoms with van der Waals surface area (Å²) in [5, 5.41) is 11.5. The average molecular weight is 241 g/mol. The summed E-state index contributed by atoms with van der Waals surface area (Å²) < 4.78 is 0. The summed E-state index contributed by atoms with van der Waals surface area (Å²) in [7, 11) is 0. The lowest BCUT2D eigenvalue weighted by atomic mass is 9.77. The Balaban J connectivity index is 2.70. The van der Waals surface area contributed by atoms with Crippen molar-refractivity contribution in [3.05, 3.63) is 0 Å². The Labute approximate surface area is 103 Å². The molecule has 0 radical (unpaired) electrons. The Morgan fingerprint density at radius 1 is 1.24 bits per heavy atom. The van der Waals surface area contributed by atoms with Crippen LogP contribution in [0.5, 0.6) is 0 Å². The highest BCUT2D eigenvalue weighted by Crippen LogP contribution is 2.43. The second kappa shape index (κ2) is 5.52. The van der Waals surface area contributed by atoms with Gasteiger partial charge in [-0.1, -0.05) is 26.7 Å². The first-order valence-corrected chi connectivity index (χ1v) is 6.41. The van der Waals surface area contributed by atoms with E-state index in [2.05, 4.69) is 19.2 Å². The van der Waals surface area contributed by atoms with Crippen LogP contribution in [-0.2, 0) is 9.59 Å². The van der Waals surface area contributed by atoms with E-state index < -0.39 is 12.0 Å². The Morgan fingerprint density at radius 2 is 1.76 bits per heavy atom. The maximum absolute atomic E-state index is 12.2. The SMILES string of the molecule is CC(C)CC1(C(=O)NC(C)C(=O)O)CCCC1. The van der Waals surface area contributed by atoms with Gasteiger partial charge in [0, 0.05) is 5.41 Å². The zero-order valence-corrected chi connectivity index (χ0v) is 11.0. The van der Waals surface area contributed by atoms with Gasteiger partial charge in [0.15, 0.2) is 0 Å². The van der Waals surface area contributed by atoms with Gasteiger partial charge < -0.3 is 10.4 Å². The van der Waals surface area contributed by atoms with Gasteiger partial charge in [-0.3, -0.25) is 9.59 Å². The summed E-state index contributed by atoms with van der Waals surface area (Å²) >= 11 is 0. The van der Waals surface area contributed by atoms with Crippen molar-refractivity contribution in [1.82, 2.24) is 5.32 Å². The second-order valence-corrected chi connectivity index (χ2v) is 5.62. The topological polar surface area (TPSA) is 66.4 Å². The number of carboxylic acid groups (broad SMARTS) is 1. The fourth-order valence-corrected chi connectivity index (χ4v) is 2.77. The Morgan fingerprint density at radius 3 is 2.18 bits per heavy atom. The number of nitrogens with one attached hydrogen (secondary N) is 1. The molecule has 0 aromatic carbocycles. The molecule has 1 unspecified atom stereocenters. The van der Waals surface area contributed by atoms with E-state index in [0.29, 0.717) is 5.92 Å². The van der Waals surface area contributed by atoms with Crippen molar-refractivity contribution >= 4 is 11.9 Å². The van der Waals surface area contributed by atoms with E-state index in [-0.39, 0.29) is 11.3 Å². The van der Waals surface area contributed by atoms with E-state index in [9.17, 15) is 9.59 Å². The molecule has 1 rings (SSSR count). The van der Waals surface area contributed by atoms with Crippen molar-refractivity contribution in [3.63, 3.8) is 0 Å². The molecule has 0 spiro atoms. The number of hydrogen-bond donors (Lipinski definition) is 2. The number of hydrogen-bond acceptors (Lipinski definition) is 2. The van der Waals surface area contributed by atoms with Crippen LogP contribution in [0, 0.1) is 11.3 Å². The monoisotopic (exact) mass is 241 g/mol. The molecule has 1 amide bonds. The highest BCUT2D eigenvalue weighted by molar-refractivity contribution is 5.87. The van der Waals surface area contributed by atoms with Crippen molar-refractivity contribution in [3.8, 4) is 0 Å². The number of amides is 1. The maximum atomic E-state index is 12.2. The number of aliphatic carboxylic acids is 1. The van der Waals surface area contributed by atoms with Gasteiger partial charge in [-0.25, -0.2) is 0 Å². The van der Waals surface area contributed by atoms with Gasteiger partial charge in [-0.05, 0) is 32.1 Å². The lowest BCUT2D eigenvalue weighted by molar-refractivity contribution is -0.143. The molecule has 4 nitrogen and oxygen atoms in total. The van der Waals surface area contributed by atoms with Crippen molar-refractivity contribution in [1.29, 1.82) is 0 Å². The van der Waals surface area contributed by atoms with Crippen molar-refractivity contribution in [2.24, 2.45) is 11.3 Å². The van der Waals surface area contributed by atoms with Crippen LogP contribution in [0.25, 0.3) is 0 Å². The second-order valence-electron chi connectivity index (χ2n) is 5.62. The number of carbonyl (C=O) groups excluding carboxylic acids is 1. The Kier molecular flexibility index (Phi) is 4.54. The van der Waals surface area contributed by atoms with Gasteiger partial charge in [-0.2, -0.15) is 0 Å². The zero-order valence-electron chi connectivity index (χ0n) is 11.0. The average Bonchev–Trinajstić information content (AvgIpc) is 2.66. The molecule has 98 valence electrons. The summed E-state index contributed by atoms with van der Waals surface area (Å²) in [6.07, 6.45) is 4.78. The smallest absolute Gasteiger partial charge is 0.325 e. The zero-order chi connectivity index (χ0) is 13.1. The molecule has 0 bridgehead atoms. The third-order valence-electron chi connectivity index (χ3n) is 3.56. The number of carbonyl (C=O) groups is 2. The van der Waals surface area contributed by atoms with E-state index in [1.54, 1.807) is 0 Å². The normalized spacial score (nSPS) is 20.2. The molecular weight excluding hydrogens is 218 g/mol. The molecule has 0 aliphatic heterocycles. The first-order chi connectivity index (χ1) is 7.87. The number of carboxylic acids is 1. The van der Waals surface area contributed by atoms with E-state index >= 15 is 0 Å². The van der Waals surface area contributed by atoms with Gasteiger partial charge in [0.1, 0.15) is 6.04 Å². The summed E-state index contributed by atoms with van der Waals surface area (Å²) in [6.45, 7) is 5.72. The van der Waals surface area contributed by atoms with Gasteiger partial charge in [0.25, 0.3) is 0 Å². The van der Waals surface area contributed by atoms with Crippen LogP contribution >= 0.6 is 0 Å². The summed E-state index contributed by atoms with van der Waals surface area (Å²) in [5.74, 6) is -0.589. The van der Waals surface area contributed by atoms with Crippen molar-refractivity contribution in [2.75, 3.05) is 0 Å². The molecule has 17 heavy (non-hydrogen) atoms. The molecule has 1 fully saturated rings. The van der Waals surface area contributed by atoms with Gasteiger partial charge in [-0.15, -0.1) is 0 Å². The van der Waals surface area contributed by atoms with E-state index in [4.69, 9.17) is 5.11 Å². The lowest BCUT2D eigenvalue weighted by Gasteiger charge is -2.30. The fourth-order valence-electron chi connectivity index (χ4n) is 2.77. The maximum Gasteiger partial charge on any atom is 0.325 e.